The highest BCUT2D eigenvalue weighted by molar-refractivity contribution is 7.80. The Balaban J connectivity index is 3.22. The first-order valence-electron chi connectivity index (χ1n) is 5.30. The molecule has 1 unspecified atom stereocenters. The van der Waals surface area contributed by atoms with Gasteiger partial charge in [-0.05, 0) is 30.9 Å². The van der Waals surface area contributed by atoms with Crippen molar-refractivity contribution in [3.63, 3.8) is 0 Å². The molecule has 0 bridgehead atoms. The monoisotopic (exact) mass is 221 g/mol. The standard InChI is InChI=1S/C13H19NS/c1-8(2)12(13(14)15)11-7-9(3)5-6-10(11)4/h5-8,12H,1-4H3,(H2,14,15). The van der Waals surface area contributed by atoms with Crippen molar-refractivity contribution in [2.75, 3.05) is 0 Å². The van der Waals surface area contributed by atoms with Crippen LogP contribution in [0.25, 0.3) is 0 Å². The predicted octanol–water partition coefficient (Wildman–Crippen LogP) is 3.33. The number of rotatable bonds is 3. The third-order valence-electron chi connectivity index (χ3n) is 2.74. The molecule has 0 aliphatic rings. The molecule has 0 radical (unpaired) electrons. The molecule has 0 fully saturated rings. The molecule has 1 atom stereocenters. The van der Waals surface area contributed by atoms with Crippen molar-refractivity contribution in [3.05, 3.63) is 34.9 Å². The molecule has 1 aromatic rings. The van der Waals surface area contributed by atoms with Gasteiger partial charge in [0.25, 0.3) is 0 Å². The Morgan fingerprint density at radius 2 is 1.87 bits per heavy atom. The van der Waals surface area contributed by atoms with E-state index in [0.717, 1.165) is 0 Å². The molecule has 0 heterocycles. The lowest BCUT2D eigenvalue weighted by Crippen LogP contribution is -2.24. The Morgan fingerprint density at radius 3 is 2.33 bits per heavy atom. The second-order valence-electron chi connectivity index (χ2n) is 4.48. The molecule has 15 heavy (non-hydrogen) atoms. The fourth-order valence-electron chi connectivity index (χ4n) is 1.94. The summed E-state index contributed by atoms with van der Waals surface area (Å²) in [7, 11) is 0. The quantitative estimate of drug-likeness (QED) is 0.792. The van der Waals surface area contributed by atoms with Crippen molar-refractivity contribution < 1.29 is 0 Å². The summed E-state index contributed by atoms with van der Waals surface area (Å²) in [4.78, 5) is 0.596. The van der Waals surface area contributed by atoms with Crippen LogP contribution in [-0.4, -0.2) is 4.99 Å². The van der Waals surface area contributed by atoms with E-state index in [1.165, 1.54) is 16.7 Å². The van der Waals surface area contributed by atoms with Gasteiger partial charge in [-0.3, -0.25) is 0 Å². The van der Waals surface area contributed by atoms with Gasteiger partial charge in [-0.1, -0.05) is 49.8 Å². The Kier molecular flexibility index (Phi) is 3.86. The zero-order valence-electron chi connectivity index (χ0n) is 9.87. The SMILES string of the molecule is Cc1ccc(C)c(C(C(N)=S)C(C)C)c1. The summed E-state index contributed by atoms with van der Waals surface area (Å²) in [6, 6.07) is 6.45. The number of nitrogens with two attached hydrogens (primary N) is 1. The van der Waals surface area contributed by atoms with Crippen LogP contribution in [0.4, 0.5) is 0 Å². The van der Waals surface area contributed by atoms with E-state index in [2.05, 4.69) is 45.9 Å². The third-order valence-corrected chi connectivity index (χ3v) is 3.00. The first kappa shape index (κ1) is 12.2. The highest BCUT2D eigenvalue weighted by Crippen LogP contribution is 2.28. The van der Waals surface area contributed by atoms with E-state index < -0.39 is 0 Å². The molecule has 2 N–H and O–H groups in total. The topological polar surface area (TPSA) is 26.0 Å². The van der Waals surface area contributed by atoms with Crippen molar-refractivity contribution in [2.24, 2.45) is 11.7 Å². The van der Waals surface area contributed by atoms with Gasteiger partial charge < -0.3 is 5.73 Å². The lowest BCUT2D eigenvalue weighted by Gasteiger charge is -2.22. The van der Waals surface area contributed by atoms with E-state index >= 15 is 0 Å². The number of hydrogen-bond donors (Lipinski definition) is 1. The van der Waals surface area contributed by atoms with Crippen LogP contribution in [0, 0.1) is 19.8 Å². The summed E-state index contributed by atoms with van der Waals surface area (Å²) < 4.78 is 0. The van der Waals surface area contributed by atoms with Crippen LogP contribution in [0.2, 0.25) is 0 Å². The second-order valence-corrected chi connectivity index (χ2v) is 4.96. The smallest absolute Gasteiger partial charge is 0.0805 e. The average Bonchev–Trinajstić information content (AvgIpc) is 2.10. The maximum absolute atomic E-state index is 5.82. The molecule has 1 aromatic carbocycles. The molecule has 0 saturated carbocycles. The van der Waals surface area contributed by atoms with E-state index in [1.54, 1.807) is 0 Å². The maximum Gasteiger partial charge on any atom is 0.0805 e. The summed E-state index contributed by atoms with van der Waals surface area (Å²) in [6.07, 6.45) is 0. The first-order valence-corrected chi connectivity index (χ1v) is 5.70. The summed E-state index contributed by atoms with van der Waals surface area (Å²) in [5, 5.41) is 0. The number of hydrogen-bond acceptors (Lipinski definition) is 1. The van der Waals surface area contributed by atoms with Gasteiger partial charge in [0.1, 0.15) is 0 Å². The van der Waals surface area contributed by atoms with Crippen LogP contribution in [-0.2, 0) is 0 Å². The van der Waals surface area contributed by atoms with Crippen LogP contribution in [0.15, 0.2) is 18.2 Å². The average molecular weight is 221 g/mol. The molecule has 0 amide bonds. The minimum absolute atomic E-state index is 0.194. The normalized spacial score (nSPS) is 12.9. The molecule has 2 heteroatoms. The van der Waals surface area contributed by atoms with Crippen molar-refractivity contribution >= 4 is 17.2 Å². The Hall–Kier alpha value is -0.890. The third kappa shape index (κ3) is 2.78. The zero-order chi connectivity index (χ0) is 11.6. The Morgan fingerprint density at radius 1 is 1.27 bits per heavy atom. The molecule has 1 nitrogen and oxygen atoms in total. The molecule has 0 aliphatic carbocycles. The minimum Gasteiger partial charge on any atom is -0.393 e. The van der Waals surface area contributed by atoms with Crippen molar-refractivity contribution in [3.8, 4) is 0 Å². The summed E-state index contributed by atoms with van der Waals surface area (Å²) in [6.45, 7) is 8.53. The molecular formula is C13H19NS. The lowest BCUT2D eigenvalue weighted by molar-refractivity contribution is 0.602. The van der Waals surface area contributed by atoms with Crippen molar-refractivity contribution in [1.29, 1.82) is 0 Å². The van der Waals surface area contributed by atoms with Gasteiger partial charge in [0.2, 0.25) is 0 Å². The zero-order valence-corrected chi connectivity index (χ0v) is 10.7. The van der Waals surface area contributed by atoms with Gasteiger partial charge in [-0.25, -0.2) is 0 Å². The minimum atomic E-state index is 0.194. The van der Waals surface area contributed by atoms with Crippen molar-refractivity contribution in [1.82, 2.24) is 0 Å². The van der Waals surface area contributed by atoms with Crippen molar-refractivity contribution in [2.45, 2.75) is 33.6 Å². The highest BCUT2D eigenvalue weighted by Gasteiger charge is 2.20. The van der Waals surface area contributed by atoms with Gasteiger partial charge in [0.05, 0.1) is 4.99 Å². The van der Waals surface area contributed by atoms with Crippen LogP contribution in [0.1, 0.15) is 36.5 Å². The van der Waals surface area contributed by atoms with Crippen LogP contribution in [0.5, 0.6) is 0 Å². The molecular weight excluding hydrogens is 202 g/mol. The van der Waals surface area contributed by atoms with Gasteiger partial charge >= 0.3 is 0 Å². The van der Waals surface area contributed by atoms with E-state index in [4.69, 9.17) is 18.0 Å². The number of benzene rings is 1. The van der Waals surface area contributed by atoms with E-state index in [1.807, 2.05) is 0 Å². The van der Waals surface area contributed by atoms with Gasteiger partial charge in [-0.15, -0.1) is 0 Å². The van der Waals surface area contributed by atoms with Gasteiger partial charge in [0, 0.05) is 5.92 Å². The summed E-state index contributed by atoms with van der Waals surface area (Å²) >= 11 is 5.16. The molecule has 0 aliphatic heterocycles. The molecule has 0 aromatic heterocycles. The fourth-order valence-corrected chi connectivity index (χ4v) is 2.34. The molecule has 0 spiro atoms. The summed E-state index contributed by atoms with van der Waals surface area (Å²) in [5.41, 5.74) is 9.63. The van der Waals surface area contributed by atoms with E-state index in [9.17, 15) is 0 Å². The molecule has 82 valence electrons. The maximum atomic E-state index is 5.82. The lowest BCUT2D eigenvalue weighted by atomic mass is 9.85. The van der Waals surface area contributed by atoms with Crippen LogP contribution >= 0.6 is 12.2 Å². The largest absolute Gasteiger partial charge is 0.393 e. The van der Waals surface area contributed by atoms with E-state index in [-0.39, 0.29) is 5.92 Å². The van der Waals surface area contributed by atoms with Gasteiger partial charge in [-0.2, -0.15) is 0 Å². The Labute approximate surface area is 97.7 Å². The Bertz CT molecular complexity index is 369. The van der Waals surface area contributed by atoms with Crippen LogP contribution in [0.3, 0.4) is 0 Å². The summed E-state index contributed by atoms with van der Waals surface area (Å²) in [5.74, 6) is 0.642. The van der Waals surface area contributed by atoms with Gasteiger partial charge in [0.15, 0.2) is 0 Å². The number of aryl methyl sites for hydroxylation is 2. The fraction of sp³-hybridized carbons (Fsp3) is 0.462. The predicted molar refractivity (Wildman–Crippen MR) is 70.3 cm³/mol. The highest BCUT2D eigenvalue weighted by atomic mass is 32.1. The van der Waals surface area contributed by atoms with Crippen LogP contribution < -0.4 is 5.73 Å². The number of thiocarbonyl (C=S) groups is 1. The first-order chi connectivity index (χ1) is 6.93. The second kappa shape index (κ2) is 4.75. The molecule has 0 saturated heterocycles. The molecule has 1 rings (SSSR count). The van der Waals surface area contributed by atoms with E-state index in [0.29, 0.717) is 10.9 Å².